The Hall–Kier alpha value is -2.65. The highest BCUT2D eigenvalue weighted by molar-refractivity contribution is 8.56. The first kappa shape index (κ1) is 38.8. The van der Waals surface area contributed by atoms with Crippen molar-refractivity contribution < 1.29 is 57.7 Å². The third kappa shape index (κ3) is 9.71. The minimum Gasteiger partial charge on any atom is -0.479 e. The van der Waals surface area contributed by atoms with Crippen LogP contribution in [0.15, 0.2) is 6.33 Å². The van der Waals surface area contributed by atoms with Gasteiger partial charge in [-0.3, -0.25) is 24.0 Å². The van der Waals surface area contributed by atoms with Crippen LogP contribution in [0.25, 0.3) is 11.2 Å². The quantitative estimate of drug-likeness (QED) is 0.0720. The van der Waals surface area contributed by atoms with E-state index in [0.717, 1.165) is 0 Å². The van der Waals surface area contributed by atoms with Gasteiger partial charge in [-0.1, -0.05) is 11.4 Å². The van der Waals surface area contributed by atoms with Crippen molar-refractivity contribution in [3.63, 3.8) is 0 Å². The van der Waals surface area contributed by atoms with E-state index in [1.54, 1.807) is 27.7 Å². The molecular weight excluding hydrogens is 665 g/mol. The largest absolute Gasteiger partial charge is 0.479 e. The number of rotatable bonds is 17. The molecule has 0 aromatic carbocycles. The Morgan fingerprint density at radius 3 is 2.40 bits per heavy atom. The summed E-state index contributed by atoms with van der Waals surface area (Å²) in [7, 11) is 2.58. The van der Waals surface area contributed by atoms with Gasteiger partial charge in [0.25, 0.3) is 0 Å². The summed E-state index contributed by atoms with van der Waals surface area (Å²) in [4.78, 5) is 37.7. The molecule has 3 heterocycles. The Kier molecular flexibility index (Phi) is 13.3. The van der Waals surface area contributed by atoms with E-state index in [9.17, 15) is 29.5 Å². The molecule has 21 heteroatoms. The fourth-order valence-electron chi connectivity index (χ4n) is 4.42. The molecule has 1 aliphatic heterocycles. The molecule has 19 nitrogen and oxygen atoms in total. The second-order valence-electron chi connectivity index (χ2n) is 11.3. The van der Waals surface area contributed by atoms with Crippen LogP contribution in [-0.4, -0.2) is 122 Å². The van der Waals surface area contributed by atoms with Crippen molar-refractivity contribution in [2.45, 2.75) is 96.3 Å². The van der Waals surface area contributed by atoms with E-state index >= 15 is 0 Å². The number of nitrogen functional groups attached to an aromatic ring is 1. The number of aromatic nitrogens is 4. The van der Waals surface area contributed by atoms with E-state index in [1.807, 2.05) is 0 Å². The normalized spacial score (nSPS) is 24.7. The molecule has 0 spiro atoms. The lowest BCUT2D eigenvalue weighted by Crippen LogP contribution is -2.47. The zero-order chi connectivity index (χ0) is 35.3. The SMILES string of the molecule is COc1nc(N)nc2c1ncn2C1OC(COP(=O)(N[C@H](C)C(=O)OC(C)C)SC[C@H](NC(O)OC)C(=O)OC(C)C)[C@@H](O)[C@@]1(C)O. The number of esters is 2. The van der Waals surface area contributed by atoms with Crippen LogP contribution >= 0.6 is 18.1 Å². The number of aliphatic hydroxyl groups excluding tert-OH is 2. The van der Waals surface area contributed by atoms with E-state index in [0.29, 0.717) is 11.4 Å². The van der Waals surface area contributed by atoms with Gasteiger partial charge in [-0.2, -0.15) is 9.97 Å². The van der Waals surface area contributed by atoms with Gasteiger partial charge in [0.05, 0.1) is 32.3 Å². The molecule has 0 saturated carbocycles. The number of nitrogens with two attached hydrogens (primary N) is 1. The lowest BCUT2D eigenvalue weighted by atomic mass is 9.96. The molecule has 1 saturated heterocycles. The van der Waals surface area contributed by atoms with Gasteiger partial charge in [-0.15, -0.1) is 0 Å². The lowest BCUT2D eigenvalue weighted by Gasteiger charge is -2.28. The minimum absolute atomic E-state index is 0.0848. The molecule has 47 heavy (non-hydrogen) atoms. The number of nitrogens with one attached hydrogen (secondary N) is 2. The molecule has 7 N–H and O–H groups in total. The first-order valence-corrected chi connectivity index (χ1v) is 17.8. The number of ether oxygens (including phenoxy) is 5. The van der Waals surface area contributed by atoms with E-state index in [1.165, 1.54) is 39.0 Å². The molecule has 4 unspecified atom stereocenters. The molecular formula is C26H44N7O12PS. The lowest BCUT2D eigenvalue weighted by molar-refractivity contribution is -0.155. The maximum Gasteiger partial charge on any atom is 0.327 e. The molecule has 0 amide bonds. The Labute approximate surface area is 275 Å². The Balaban J connectivity index is 1.86. The summed E-state index contributed by atoms with van der Waals surface area (Å²) in [5.41, 5.74) is 4.24. The number of aliphatic hydroxyl groups is 3. The highest BCUT2D eigenvalue weighted by Gasteiger charge is 2.54. The molecule has 1 aliphatic rings. The fraction of sp³-hybridized carbons (Fsp3) is 0.731. The molecule has 2 aromatic heterocycles. The first-order valence-electron chi connectivity index (χ1n) is 14.6. The third-order valence-corrected chi connectivity index (χ3v) is 10.8. The van der Waals surface area contributed by atoms with Crippen molar-refractivity contribution in [3.8, 4) is 5.88 Å². The van der Waals surface area contributed by atoms with Crippen molar-refractivity contribution in [2.24, 2.45) is 0 Å². The van der Waals surface area contributed by atoms with E-state index in [-0.39, 0.29) is 28.7 Å². The van der Waals surface area contributed by atoms with Gasteiger partial charge >= 0.3 is 18.7 Å². The molecule has 266 valence electrons. The average molecular weight is 710 g/mol. The van der Waals surface area contributed by atoms with Crippen LogP contribution in [0.4, 0.5) is 5.95 Å². The van der Waals surface area contributed by atoms with E-state index in [2.05, 4.69) is 25.4 Å². The van der Waals surface area contributed by atoms with Crippen LogP contribution in [0, 0.1) is 0 Å². The van der Waals surface area contributed by atoms with Crippen LogP contribution in [-0.2, 0) is 37.6 Å². The van der Waals surface area contributed by atoms with E-state index in [4.69, 9.17) is 33.9 Å². The Morgan fingerprint density at radius 1 is 1.17 bits per heavy atom. The highest BCUT2D eigenvalue weighted by atomic mass is 32.7. The number of methoxy groups -OCH3 is 2. The van der Waals surface area contributed by atoms with Crippen LogP contribution in [0.3, 0.4) is 0 Å². The molecule has 1 fully saturated rings. The maximum absolute atomic E-state index is 14.2. The van der Waals surface area contributed by atoms with Crippen molar-refractivity contribution in [3.05, 3.63) is 6.33 Å². The summed E-state index contributed by atoms with van der Waals surface area (Å²) in [6.07, 6.45) is -5.34. The van der Waals surface area contributed by atoms with Crippen LogP contribution < -0.4 is 20.9 Å². The number of carbonyl (C=O) groups excluding carboxylic acids is 2. The number of hydrogen-bond donors (Lipinski definition) is 6. The summed E-state index contributed by atoms with van der Waals surface area (Å²) < 4.78 is 47.8. The fourth-order valence-corrected chi connectivity index (χ4v) is 8.28. The number of anilines is 1. The first-order chi connectivity index (χ1) is 21.9. The average Bonchev–Trinajstić information content (AvgIpc) is 3.49. The topological polar surface area (TPSA) is 261 Å². The molecule has 2 aromatic rings. The highest BCUT2D eigenvalue weighted by Crippen LogP contribution is 2.57. The third-order valence-electron chi connectivity index (χ3n) is 6.69. The second kappa shape index (κ2) is 16.2. The molecule has 8 atom stereocenters. The smallest absolute Gasteiger partial charge is 0.327 e. The maximum atomic E-state index is 14.2. The summed E-state index contributed by atoms with van der Waals surface area (Å²) in [5, 5.41) is 37.5. The standard InChI is InChI=1S/C26H44N7O12PS/c1-12(2)43-21(35)14(5)32-46(39,47-10-15(29-25(37)41-8)22(36)44-13(3)4)42-9-16-18(34)26(6,38)23(45-16)33-11-28-17-19(33)30-24(27)31-20(17)40-7/h11-16,18,23,25,29,34,37-38H,9-10H2,1-8H3,(H,32,39)(H2,27,30,31)/t14-,15+,16?,18-,23?,25?,26-,46?/m1/s1. The number of carbonyl (C=O) groups is 2. The van der Waals surface area contributed by atoms with Crippen LogP contribution in [0.2, 0.25) is 0 Å². The van der Waals surface area contributed by atoms with Gasteiger partial charge in [0.15, 0.2) is 17.4 Å². The monoisotopic (exact) mass is 709 g/mol. The van der Waals surface area contributed by atoms with Gasteiger partial charge in [0, 0.05) is 12.9 Å². The Morgan fingerprint density at radius 2 is 1.81 bits per heavy atom. The number of fused-ring (bicyclic) bond motifs is 1. The van der Waals surface area contributed by atoms with Gasteiger partial charge in [0.2, 0.25) is 18.2 Å². The number of hydrogen-bond acceptors (Lipinski definition) is 18. The summed E-state index contributed by atoms with van der Waals surface area (Å²) in [6.45, 7) is 4.57. The molecule has 0 aliphatic carbocycles. The summed E-state index contributed by atoms with van der Waals surface area (Å²) in [6, 6.07) is -2.37. The zero-order valence-electron chi connectivity index (χ0n) is 27.3. The zero-order valence-corrected chi connectivity index (χ0v) is 29.1. The predicted molar refractivity (Wildman–Crippen MR) is 168 cm³/mol. The number of imidazole rings is 1. The van der Waals surface area contributed by atoms with Gasteiger partial charge in [-0.25, -0.2) is 10.1 Å². The second-order valence-corrected chi connectivity index (χ2v) is 15.7. The van der Waals surface area contributed by atoms with Crippen molar-refractivity contribution >= 4 is 47.2 Å². The predicted octanol–water partition coefficient (Wildman–Crippen LogP) is 0.0461. The summed E-state index contributed by atoms with van der Waals surface area (Å²) >= 11 is 0.620. The van der Waals surface area contributed by atoms with E-state index < -0.39 is 80.0 Å². The molecule has 3 rings (SSSR count). The van der Waals surface area contributed by atoms with Crippen LogP contribution in [0.1, 0.15) is 47.8 Å². The Bertz CT molecular complexity index is 1430. The van der Waals surface area contributed by atoms with Crippen molar-refractivity contribution in [1.82, 2.24) is 29.9 Å². The number of nitrogens with zero attached hydrogens (tertiary/aromatic N) is 4. The molecule has 0 bridgehead atoms. The van der Waals surface area contributed by atoms with Crippen molar-refractivity contribution in [2.75, 3.05) is 32.3 Å². The van der Waals surface area contributed by atoms with Crippen molar-refractivity contribution in [1.29, 1.82) is 0 Å². The molecule has 0 radical (unpaired) electrons. The van der Waals surface area contributed by atoms with Gasteiger partial charge < -0.3 is 49.3 Å². The minimum atomic E-state index is -4.16. The summed E-state index contributed by atoms with van der Waals surface area (Å²) in [5.74, 6) is -1.84. The van der Waals surface area contributed by atoms with Gasteiger partial charge in [0.1, 0.15) is 29.9 Å². The van der Waals surface area contributed by atoms with Crippen LogP contribution in [0.5, 0.6) is 5.88 Å². The van der Waals surface area contributed by atoms with Gasteiger partial charge in [-0.05, 0) is 41.5 Å².